The predicted molar refractivity (Wildman–Crippen MR) is 146 cm³/mol. The quantitative estimate of drug-likeness (QED) is 0.482. The van der Waals surface area contributed by atoms with E-state index in [2.05, 4.69) is 94.6 Å². The summed E-state index contributed by atoms with van der Waals surface area (Å²) in [5.41, 5.74) is 4.75. The molecule has 7 heteroatoms. The molecule has 3 aromatic rings. The van der Waals surface area contributed by atoms with Gasteiger partial charge in [-0.2, -0.15) is 4.98 Å². The molecule has 2 aliphatic heterocycles. The maximum absolute atomic E-state index is 12.9. The van der Waals surface area contributed by atoms with Crippen LogP contribution in [-0.4, -0.2) is 47.1 Å². The van der Waals surface area contributed by atoms with Crippen molar-refractivity contribution in [3.05, 3.63) is 65.5 Å². The van der Waals surface area contributed by atoms with Gasteiger partial charge >= 0.3 is 0 Å². The van der Waals surface area contributed by atoms with Crippen molar-refractivity contribution in [1.29, 1.82) is 0 Å². The second kappa shape index (κ2) is 11.1. The summed E-state index contributed by atoms with van der Waals surface area (Å²) >= 11 is 0. The van der Waals surface area contributed by atoms with Crippen molar-refractivity contribution in [2.45, 2.75) is 65.0 Å². The first-order chi connectivity index (χ1) is 17.8. The lowest BCUT2D eigenvalue weighted by Gasteiger charge is -2.30. The van der Waals surface area contributed by atoms with Crippen molar-refractivity contribution < 1.29 is 9.32 Å². The van der Waals surface area contributed by atoms with Crippen LogP contribution in [-0.2, 0) is 23.3 Å². The monoisotopic (exact) mass is 501 g/mol. The van der Waals surface area contributed by atoms with E-state index >= 15 is 0 Å². The lowest BCUT2D eigenvalue weighted by Crippen LogP contribution is -2.42. The Kier molecular flexibility index (Phi) is 7.60. The van der Waals surface area contributed by atoms with Crippen molar-refractivity contribution >= 4 is 11.6 Å². The molecular formula is C30H39N5O2. The number of amides is 1. The van der Waals surface area contributed by atoms with Gasteiger partial charge in [0.05, 0.1) is 12.5 Å². The van der Waals surface area contributed by atoms with E-state index in [-0.39, 0.29) is 17.2 Å². The molecular weight excluding hydrogens is 462 g/mol. The van der Waals surface area contributed by atoms with Gasteiger partial charge in [0.1, 0.15) is 0 Å². The zero-order valence-corrected chi connectivity index (χ0v) is 22.4. The van der Waals surface area contributed by atoms with Crippen LogP contribution in [0, 0.1) is 5.92 Å². The summed E-state index contributed by atoms with van der Waals surface area (Å²) in [5.74, 6) is 1.30. The summed E-state index contributed by atoms with van der Waals surface area (Å²) in [7, 11) is 0. The Balaban J connectivity index is 1.12. The summed E-state index contributed by atoms with van der Waals surface area (Å²) in [6, 6.07) is 17.0. The fourth-order valence-electron chi connectivity index (χ4n) is 5.29. The van der Waals surface area contributed by atoms with Crippen molar-refractivity contribution in [3.8, 4) is 11.4 Å². The molecule has 0 saturated carbocycles. The second-order valence-corrected chi connectivity index (χ2v) is 11.5. The van der Waals surface area contributed by atoms with E-state index in [1.54, 1.807) is 0 Å². The van der Waals surface area contributed by atoms with Gasteiger partial charge in [-0.05, 0) is 60.9 Å². The standard InChI is InChI=1S/C30H39N5O2/c1-30(2,3)25-12-10-23(11-13-25)28-32-27(37-33-28)21-34-16-6-7-24(20-34)29(36)31-19-22-8-14-26(15-9-22)35-17-4-5-18-35/h8-15,24H,4-7,16-21H2,1-3H3,(H,31,36). The fraction of sp³-hybridized carbons (Fsp3) is 0.500. The van der Waals surface area contributed by atoms with Gasteiger partial charge in [-0.25, -0.2) is 0 Å². The molecule has 196 valence electrons. The van der Waals surface area contributed by atoms with Crippen LogP contribution in [0.4, 0.5) is 5.69 Å². The number of nitrogens with zero attached hydrogens (tertiary/aromatic N) is 4. The molecule has 37 heavy (non-hydrogen) atoms. The van der Waals surface area contributed by atoms with E-state index in [0.29, 0.717) is 31.3 Å². The SMILES string of the molecule is CC(C)(C)c1ccc(-c2noc(CN3CCCC(C(=O)NCc4ccc(N5CCCC5)cc4)C3)n2)cc1. The molecule has 0 bridgehead atoms. The molecule has 3 heterocycles. The maximum Gasteiger partial charge on any atom is 0.241 e. The van der Waals surface area contributed by atoms with Gasteiger partial charge in [-0.3, -0.25) is 9.69 Å². The highest BCUT2D eigenvalue weighted by Crippen LogP contribution is 2.26. The maximum atomic E-state index is 12.9. The third-order valence-electron chi connectivity index (χ3n) is 7.59. The topological polar surface area (TPSA) is 74.5 Å². The van der Waals surface area contributed by atoms with E-state index in [1.165, 1.54) is 24.1 Å². The van der Waals surface area contributed by atoms with Crippen LogP contribution >= 0.6 is 0 Å². The first-order valence-corrected chi connectivity index (χ1v) is 13.6. The number of nitrogens with one attached hydrogen (secondary N) is 1. The van der Waals surface area contributed by atoms with Gasteiger partial charge in [0, 0.05) is 37.4 Å². The fourth-order valence-corrected chi connectivity index (χ4v) is 5.29. The summed E-state index contributed by atoms with van der Waals surface area (Å²) in [6.07, 6.45) is 4.44. The molecule has 0 spiro atoms. The largest absolute Gasteiger partial charge is 0.372 e. The van der Waals surface area contributed by atoms with Gasteiger partial charge in [0.15, 0.2) is 0 Å². The Labute approximate surface area is 220 Å². The molecule has 0 aliphatic carbocycles. The number of carbonyl (C=O) groups excluding carboxylic acids is 1. The first-order valence-electron chi connectivity index (χ1n) is 13.6. The van der Waals surface area contributed by atoms with Crippen molar-refractivity contribution in [2.24, 2.45) is 5.92 Å². The number of carbonyl (C=O) groups is 1. The van der Waals surface area contributed by atoms with Gasteiger partial charge in [0.25, 0.3) is 0 Å². The van der Waals surface area contributed by atoms with E-state index in [1.807, 2.05) is 0 Å². The minimum absolute atomic E-state index is 0.0232. The number of piperidine rings is 1. The molecule has 7 nitrogen and oxygen atoms in total. The Morgan fingerprint density at radius 1 is 1.00 bits per heavy atom. The Morgan fingerprint density at radius 2 is 1.73 bits per heavy atom. The molecule has 5 rings (SSSR count). The van der Waals surface area contributed by atoms with E-state index in [9.17, 15) is 4.79 Å². The van der Waals surface area contributed by atoms with Crippen LogP contribution < -0.4 is 10.2 Å². The normalized spacial score (nSPS) is 18.8. The molecule has 2 aliphatic rings. The number of hydrogen-bond donors (Lipinski definition) is 1. The van der Waals surface area contributed by atoms with E-state index < -0.39 is 0 Å². The van der Waals surface area contributed by atoms with Crippen molar-refractivity contribution in [1.82, 2.24) is 20.4 Å². The van der Waals surface area contributed by atoms with E-state index in [4.69, 9.17) is 4.52 Å². The van der Waals surface area contributed by atoms with Crippen LogP contribution in [0.5, 0.6) is 0 Å². The number of hydrogen-bond acceptors (Lipinski definition) is 6. The third kappa shape index (κ3) is 6.39. The summed E-state index contributed by atoms with van der Waals surface area (Å²) in [6.45, 7) is 11.7. The highest BCUT2D eigenvalue weighted by atomic mass is 16.5. The molecule has 1 unspecified atom stereocenters. The number of rotatable bonds is 7. The van der Waals surface area contributed by atoms with Gasteiger partial charge in [0.2, 0.25) is 17.6 Å². The molecule has 2 fully saturated rings. The zero-order valence-electron chi connectivity index (χ0n) is 22.4. The molecule has 1 amide bonds. The lowest BCUT2D eigenvalue weighted by atomic mass is 9.87. The van der Waals surface area contributed by atoms with Crippen molar-refractivity contribution in [2.75, 3.05) is 31.1 Å². The zero-order chi connectivity index (χ0) is 25.8. The van der Waals surface area contributed by atoms with Crippen LogP contribution in [0.25, 0.3) is 11.4 Å². The Bertz CT molecular complexity index is 1170. The van der Waals surface area contributed by atoms with Gasteiger partial charge in [-0.1, -0.05) is 62.3 Å². The van der Waals surface area contributed by atoms with Crippen LogP contribution in [0.1, 0.15) is 63.5 Å². The lowest BCUT2D eigenvalue weighted by molar-refractivity contribution is -0.127. The number of benzene rings is 2. The average Bonchev–Trinajstić information content (AvgIpc) is 3.60. The first kappa shape index (κ1) is 25.5. The van der Waals surface area contributed by atoms with E-state index in [0.717, 1.165) is 43.6 Å². The Morgan fingerprint density at radius 3 is 2.43 bits per heavy atom. The smallest absolute Gasteiger partial charge is 0.241 e. The summed E-state index contributed by atoms with van der Waals surface area (Å²) in [5, 5.41) is 7.35. The number of likely N-dealkylation sites (tertiary alicyclic amines) is 1. The van der Waals surface area contributed by atoms with Gasteiger partial charge in [-0.15, -0.1) is 0 Å². The van der Waals surface area contributed by atoms with Crippen LogP contribution in [0.3, 0.4) is 0 Å². The number of anilines is 1. The van der Waals surface area contributed by atoms with Crippen LogP contribution in [0.15, 0.2) is 53.1 Å². The summed E-state index contributed by atoms with van der Waals surface area (Å²) in [4.78, 5) is 22.2. The minimum Gasteiger partial charge on any atom is -0.372 e. The molecule has 1 N–H and O–H groups in total. The highest BCUT2D eigenvalue weighted by Gasteiger charge is 2.27. The third-order valence-corrected chi connectivity index (χ3v) is 7.59. The molecule has 1 aromatic heterocycles. The second-order valence-electron chi connectivity index (χ2n) is 11.5. The average molecular weight is 502 g/mol. The van der Waals surface area contributed by atoms with Crippen LogP contribution in [0.2, 0.25) is 0 Å². The molecule has 2 aromatic carbocycles. The molecule has 2 saturated heterocycles. The number of aromatic nitrogens is 2. The highest BCUT2D eigenvalue weighted by molar-refractivity contribution is 5.79. The van der Waals surface area contributed by atoms with Crippen molar-refractivity contribution in [3.63, 3.8) is 0 Å². The predicted octanol–water partition coefficient (Wildman–Crippen LogP) is 5.16. The minimum atomic E-state index is -0.0232. The summed E-state index contributed by atoms with van der Waals surface area (Å²) < 4.78 is 5.56. The molecule has 1 atom stereocenters. The van der Waals surface area contributed by atoms with Gasteiger partial charge < -0.3 is 14.7 Å². The molecule has 0 radical (unpaired) electrons. The Hall–Kier alpha value is -3.19.